The molecular weight excluding hydrogens is 426 g/mol. The van der Waals surface area contributed by atoms with Crippen molar-refractivity contribution in [3.8, 4) is 0 Å². The smallest absolute Gasteiger partial charge is 0.258 e. The first-order valence-electron chi connectivity index (χ1n) is 11.8. The summed E-state index contributed by atoms with van der Waals surface area (Å²) in [6.45, 7) is 6.38. The summed E-state index contributed by atoms with van der Waals surface area (Å²) in [5, 5.41) is 4.93. The zero-order valence-electron chi connectivity index (χ0n) is 20.0. The predicted octanol–water partition coefficient (Wildman–Crippen LogP) is 4.52. The van der Waals surface area contributed by atoms with Crippen molar-refractivity contribution in [3.05, 3.63) is 77.9 Å². The van der Waals surface area contributed by atoms with Crippen molar-refractivity contribution in [3.63, 3.8) is 0 Å². The largest absolute Gasteiger partial charge is 0.352 e. The molecule has 3 aromatic carbocycles. The van der Waals surface area contributed by atoms with Crippen molar-refractivity contribution in [1.82, 2.24) is 10.2 Å². The lowest BCUT2D eigenvalue weighted by Crippen LogP contribution is -2.49. The topological polar surface area (TPSA) is 69.7 Å². The van der Waals surface area contributed by atoms with E-state index in [-0.39, 0.29) is 30.2 Å². The fourth-order valence-electron chi connectivity index (χ4n) is 4.50. The fraction of sp³-hybridized carbons (Fsp3) is 0.321. The summed E-state index contributed by atoms with van der Waals surface area (Å²) in [7, 11) is 0. The lowest BCUT2D eigenvalue weighted by atomic mass is 10.1. The van der Waals surface area contributed by atoms with Gasteiger partial charge in [-0.1, -0.05) is 54.6 Å². The first-order chi connectivity index (χ1) is 16.4. The minimum Gasteiger partial charge on any atom is -0.352 e. The van der Waals surface area contributed by atoms with E-state index >= 15 is 0 Å². The van der Waals surface area contributed by atoms with E-state index in [4.69, 9.17) is 0 Å². The number of anilines is 1. The minimum atomic E-state index is -0.596. The van der Waals surface area contributed by atoms with Crippen molar-refractivity contribution in [2.24, 2.45) is 0 Å². The Morgan fingerprint density at radius 2 is 1.65 bits per heavy atom. The third kappa shape index (κ3) is 4.81. The lowest BCUT2D eigenvalue weighted by Gasteiger charge is -2.29. The van der Waals surface area contributed by atoms with Crippen LogP contribution in [0.4, 0.5) is 5.69 Å². The van der Waals surface area contributed by atoms with Crippen LogP contribution in [-0.4, -0.2) is 41.2 Å². The van der Waals surface area contributed by atoms with Gasteiger partial charge in [0, 0.05) is 36.5 Å². The van der Waals surface area contributed by atoms with Crippen LogP contribution in [0.3, 0.4) is 0 Å². The van der Waals surface area contributed by atoms with Gasteiger partial charge in [0.1, 0.15) is 6.04 Å². The minimum absolute atomic E-state index is 0.00542. The molecule has 0 saturated heterocycles. The van der Waals surface area contributed by atoms with E-state index < -0.39 is 6.04 Å². The van der Waals surface area contributed by atoms with Crippen LogP contribution in [-0.2, 0) is 16.1 Å². The van der Waals surface area contributed by atoms with Crippen molar-refractivity contribution in [2.75, 3.05) is 11.4 Å². The summed E-state index contributed by atoms with van der Waals surface area (Å²) in [6, 6.07) is 20.8. The first kappa shape index (κ1) is 23.5. The van der Waals surface area contributed by atoms with Gasteiger partial charge >= 0.3 is 0 Å². The Bertz CT molecular complexity index is 1200. The maximum absolute atomic E-state index is 13.3. The maximum Gasteiger partial charge on any atom is 0.258 e. The third-order valence-corrected chi connectivity index (χ3v) is 6.22. The highest BCUT2D eigenvalue weighted by molar-refractivity contribution is 6.25. The maximum atomic E-state index is 13.3. The molecule has 176 valence electrons. The van der Waals surface area contributed by atoms with E-state index in [1.807, 2.05) is 80.6 Å². The molecule has 0 bridgehead atoms. The number of hydrogen-bond donors (Lipinski definition) is 1. The molecule has 4 rings (SSSR count). The third-order valence-electron chi connectivity index (χ3n) is 6.22. The van der Waals surface area contributed by atoms with Crippen LogP contribution in [0.2, 0.25) is 0 Å². The van der Waals surface area contributed by atoms with Crippen LogP contribution in [0.1, 0.15) is 49.5 Å². The number of nitrogens with zero attached hydrogens (tertiary/aromatic N) is 2. The van der Waals surface area contributed by atoms with Crippen molar-refractivity contribution < 1.29 is 14.4 Å². The highest BCUT2D eigenvalue weighted by Crippen LogP contribution is 2.37. The molecule has 0 aliphatic carbocycles. The van der Waals surface area contributed by atoms with Gasteiger partial charge in [0.2, 0.25) is 11.8 Å². The Morgan fingerprint density at radius 1 is 0.941 bits per heavy atom. The van der Waals surface area contributed by atoms with Gasteiger partial charge in [-0.2, -0.15) is 0 Å². The average molecular weight is 458 g/mol. The average Bonchev–Trinajstić information content (AvgIpc) is 3.10. The van der Waals surface area contributed by atoms with E-state index in [1.165, 1.54) is 0 Å². The molecule has 0 saturated carbocycles. The highest BCUT2D eigenvalue weighted by Gasteiger charge is 2.30. The summed E-state index contributed by atoms with van der Waals surface area (Å²) >= 11 is 0. The van der Waals surface area contributed by atoms with Gasteiger partial charge in [-0.25, -0.2) is 0 Å². The second-order valence-corrected chi connectivity index (χ2v) is 9.09. The van der Waals surface area contributed by atoms with Crippen LogP contribution in [0.15, 0.2) is 66.7 Å². The molecule has 0 fully saturated rings. The molecule has 1 aliphatic heterocycles. The number of carbonyl (C=O) groups excluding carboxylic acids is 3. The summed E-state index contributed by atoms with van der Waals surface area (Å²) in [5.41, 5.74) is 2.58. The van der Waals surface area contributed by atoms with Crippen molar-refractivity contribution in [1.29, 1.82) is 0 Å². The Balaban J connectivity index is 1.45. The Morgan fingerprint density at radius 3 is 2.35 bits per heavy atom. The standard InChI is InChI=1S/C28H31N3O3/c1-19(2)29-27(33)20(3)31(18-21-10-5-4-6-11-21)25(32)16-9-17-30-24-15-8-13-22-12-7-14-23(26(22)24)28(30)34/h4-8,10-15,19-20H,9,16-18H2,1-3H3,(H,29,33). The molecule has 0 aromatic heterocycles. The predicted molar refractivity (Wildman–Crippen MR) is 135 cm³/mol. The van der Waals surface area contributed by atoms with Gasteiger partial charge in [0.05, 0.1) is 5.69 Å². The Hall–Kier alpha value is -3.67. The van der Waals surface area contributed by atoms with Gasteiger partial charge in [-0.3, -0.25) is 14.4 Å². The van der Waals surface area contributed by atoms with Gasteiger partial charge in [-0.05, 0) is 50.3 Å². The monoisotopic (exact) mass is 457 g/mol. The van der Waals surface area contributed by atoms with E-state index in [1.54, 1.807) is 16.7 Å². The molecule has 3 aromatic rings. The molecule has 1 aliphatic rings. The summed E-state index contributed by atoms with van der Waals surface area (Å²) < 4.78 is 0. The molecular formula is C28H31N3O3. The molecule has 1 atom stereocenters. The van der Waals surface area contributed by atoms with Gasteiger partial charge in [-0.15, -0.1) is 0 Å². The van der Waals surface area contributed by atoms with Gasteiger partial charge < -0.3 is 15.1 Å². The zero-order chi connectivity index (χ0) is 24.2. The van der Waals surface area contributed by atoms with Crippen molar-refractivity contribution >= 4 is 34.2 Å². The quantitative estimate of drug-likeness (QED) is 0.514. The normalized spacial score (nSPS) is 13.4. The second kappa shape index (κ2) is 10.1. The molecule has 1 N–H and O–H groups in total. The van der Waals surface area contributed by atoms with E-state index in [0.29, 0.717) is 25.1 Å². The molecule has 0 radical (unpaired) electrons. The number of carbonyl (C=O) groups is 3. The molecule has 34 heavy (non-hydrogen) atoms. The van der Waals surface area contributed by atoms with Crippen LogP contribution in [0.5, 0.6) is 0 Å². The SMILES string of the molecule is CC(C)NC(=O)C(C)N(Cc1ccccc1)C(=O)CCCN1C(=O)c2cccc3cccc1c23. The molecule has 1 heterocycles. The fourth-order valence-corrected chi connectivity index (χ4v) is 4.50. The summed E-state index contributed by atoms with van der Waals surface area (Å²) in [6.07, 6.45) is 0.765. The number of benzene rings is 3. The molecule has 6 nitrogen and oxygen atoms in total. The van der Waals surface area contributed by atoms with Crippen LogP contribution in [0.25, 0.3) is 10.8 Å². The Kier molecular flexibility index (Phi) is 6.96. The number of hydrogen-bond acceptors (Lipinski definition) is 3. The number of amides is 3. The van der Waals surface area contributed by atoms with Crippen LogP contribution >= 0.6 is 0 Å². The Labute approximate surface area is 200 Å². The molecule has 3 amide bonds. The second-order valence-electron chi connectivity index (χ2n) is 9.09. The van der Waals surface area contributed by atoms with Crippen molar-refractivity contribution in [2.45, 2.75) is 52.2 Å². The van der Waals surface area contributed by atoms with E-state index in [9.17, 15) is 14.4 Å². The van der Waals surface area contributed by atoms with Gasteiger partial charge in [0.25, 0.3) is 5.91 Å². The zero-order valence-corrected chi connectivity index (χ0v) is 20.0. The lowest BCUT2D eigenvalue weighted by molar-refractivity contribution is -0.140. The molecule has 6 heteroatoms. The van der Waals surface area contributed by atoms with E-state index in [2.05, 4.69) is 5.32 Å². The van der Waals surface area contributed by atoms with Crippen LogP contribution in [0, 0.1) is 0 Å². The first-order valence-corrected chi connectivity index (χ1v) is 11.8. The summed E-state index contributed by atoms with van der Waals surface area (Å²) in [4.78, 5) is 42.4. The number of rotatable bonds is 9. The number of nitrogens with one attached hydrogen (secondary N) is 1. The highest BCUT2D eigenvalue weighted by atomic mass is 16.2. The molecule has 1 unspecified atom stereocenters. The molecule has 0 spiro atoms. The van der Waals surface area contributed by atoms with E-state index in [0.717, 1.165) is 22.0 Å². The summed E-state index contributed by atoms with van der Waals surface area (Å²) in [5.74, 6) is -0.293. The van der Waals surface area contributed by atoms with Crippen LogP contribution < -0.4 is 10.2 Å². The van der Waals surface area contributed by atoms with Gasteiger partial charge in [0.15, 0.2) is 0 Å².